The fraction of sp³-hybridized carbons (Fsp3) is 0.625. The Kier molecular flexibility index (Phi) is 9.86. The molecule has 0 aromatic heterocycles. The molecule has 12 nitrogen and oxygen atoms in total. The van der Waals surface area contributed by atoms with Crippen molar-refractivity contribution in [1.82, 2.24) is 26.2 Å². The molecule has 4 rings (SSSR count). The summed E-state index contributed by atoms with van der Waals surface area (Å²) in [5, 5.41) is 21.0. The third-order valence-electron chi connectivity index (χ3n) is 9.18. The summed E-state index contributed by atoms with van der Waals surface area (Å²) in [5.41, 5.74) is 0.733. The number of ether oxygens (including phenoxy) is 1. The second-order valence-corrected chi connectivity index (χ2v) is 13.3. The van der Waals surface area contributed by atoms with Crippen LogP contribution < -0.4 is 26.0 Å². The molecule has 3 aliphatic rings. The van der Waals surface area contributed by atoms with Gasteiger partial charge in [0.1, 0.15) is 29.9 Å². The van der Waals surface area contributed by atoms with E-state index in [-0.39, 0.29) is 50.3 Å². The number of nitrogens with zero attached hydrogens (tertiary/aromatic N) is 2. The molecule has 1 aromatic carbocycles. The fourth-order valence-corrected chi connectivity index (χ4v) is 6.56. The summed E-state index contributed by atoms with van der Waals surface area (Å²) >= 11 is 0. The lowest BCUT2D eigenvalue weighted by Gasteiger charge is -2.38. The fourth-order valence-electron chi connectivity index (χ4n) is 6.56. The van der Waals surface area contributed by atoms with Crippen LogP contribution in [0.3, 0.4) is 0 Å². The molecule has 44 heavy (non-hydrogen) atoms. The molecule has 12 heteroatoms. The van der Waals surface area contributed by atoms with Crippen LogP contribution in [-0.4, -0.2) is 78.3 Å². The van der Waals surface area contributed by atoms with Gasteiger partial charge in [-0.3, -0.25) is 24.0 Å². The van der Waals surface area contributed by atoms with Crippen LogP contribution in [0.4, 0.5) is 0 Å². The molecule has 0 radical (unpaired) electrons. The number of nitriles is 1. The molecule has 6 atom stereocenters. The molecule has 5 amide bonds. The zero-order chi connectivity index (χ0) is 32.3. The van der Waals surface area contributed by atoms with E-state index in [1.54, 1.807) is 13.8 Å². The van der Waals surface area contributed by atoms with Crippen LogP contribution in [0.15, 0.2) is 18.2 Å². The summed E-state index contributed by atoms with van der Waals surface area (Å²) in [5.74, 6) is -2.39. The van der Waals surface area contributed by atoms with Crippen LogP contribution in [0.2, 0.25) is 0 Å². The predicted molar refractivity (Wildman–Crippen MR) is 161 cm³/mol. The summed E-state index contributed by atoms with van der Waals surface area (Å²) in [6.45, 7) is 11.2. The van der Waals surface area contributed by atoms with Gasteiger partial charge < -0.3 is 30.9 Å². The van der Waals surface area contributed by atoms with Crippen LogP contribution in [0.1, 0.15) is 58.1 Å². The third kappa shape index (κ3) is 6.98. The number of aryl methyl sites for hydroxylation is 2. The maximum atomic E-state index is 14.4. The Balaban J connectivity index is 1.66. The van der Waals surface area contributed by atoms with Crippen LogP contribution in [-0.2, 0) is 24.0 Å². The Labute approximate surface area is 258 Å². The lowest BCUT2D eigenvalue weighted by molar-refractivity contribution is -0.145. The summed E-state index contributed by atoms with van der Waals surface area (Å²) < 4.78 is 5.85. The first kappa shape index (κ1) is 32.8. The van der Waals surface area contributed by atoms with E-state index < -0.39 is 59.1 Å². The van der Waals surface area contributed by atoms with Crippen molar-refractivity contribution in [3.05, 3.63) is 29.3 Å². The number of nitrogens with one attached hydrogen (secondary N) is 4. The van der Waals surface area contributed by atoms with Crippen molar-refractivity contribution >= 4 is 29.5 Å². The predicted octanol–water partition coefficient (Wildman–Crippen LogP) is 1.10. The molecule has 1 aromatic rings. The normalized spacial score (nSPS) is 29.0. The Hall–Kier alpha value is -4.14. The molecule has 0 spiro atoms. The van der Waals surface area contributed by atoms with Crippen molar-refractivity contribution < 1.29 is 28.7 Å². The van der Waals surface area contributed by atoms with Crippen LogP contribution in [0, 0.1) is 48.3 Å². The summed E-state index contributed by atoms with van der Waals surface area (Å²) in [6.07, 6.45) is 0.798. The lowest BCUT2D eigenvalue weighted by Crippen LogP contribution is -2.62. The lowest BCUT2D eigenvalue weighted by atomic mass is 9.82. The number of rotatable bonds is 5. The molecule has 3 heterocycles. The summed E-state index contributed by atoms with van der Waals surface area (Å²) in [4.78, 5) is 68.8. The topological polar surface area (TPSA) is 170 Å². The Bertz CT molecular complexity index is 1330. The van der Waals surface area contributed by atoms with Crippen LogP contribution in [0.25, 0.3) is 0 Å². The quantitative estimate of drug-likeness (QED) is 0.388. The number of carbonyl (C=O) groups excluding carboxylic acids is 5. The smallest absolute Gasteiger partial charge is 0.258 e. The number of amides is 5. The van der Waals surface area contributed by atoms with Crippen LogP contribution >= 0.6 is 0 Å². The number of para-hydroxylation sites is 1. The van der Waals surface area contributed by atoms with Gasteiger partial charge in [-0.25, -0.2) is 0 Å². The van der Waals surface area contributed by atoms with E-state index >= 15 is 0 Å². The number of hydrogen-bond donors (Lipinski definition) is 4. The highest BCUT2D eigenvalue weighted by molar-refractivity contribution is 5.95. The maximum absolute atomic E-state index is 14.4. The molecule has 3 aliphatic heterocycles. The second kappa shape index (κ2) is 13.2. The van der Waals surface area contributed by atoms with Gasteiger partial charge in [0.15, 0.2) is 6.61 Å². The molecular weight excluding hydrogens is 564 g/mol. The van der Waals surface area contributed by atoms with Gasteiger partial charge >= 0.3 is 0 Å². The van der Waals surface area contributed by atoms with E-state index in [0.717, 1.165) is 11.1 Å². The molecule has 0 aliphatic carbocycles. The molecule has 0 saturated carbocycles. The largest absolute Gasteiger partial charge is 0.483 e. The van der Waals surface area contributed by atoms with E-state index in [0.29, 0.717) is 12.2 Å². The first-order valence-electron chi connectivity index (χ1n) is 15.3. The van der Waals surface area contributed by atoms with E-state index in [9.17, 15) is 29.2 Å². The Morgan fingerprint density at radius 2 is 1.77 bits per heavy atom. The third-order valence-corrected chi connectivity index (χ3v) is 9.18. The molecular formula is C32H44N6O6. The van der Waals surface area contributed by atoms with Gasteiger partial charge in [-0.05, 0) is 56.1 Å². The molecule has 3 saturated heterocycles. The minimum absolute atomic E-state index is 0.0104. The molecule has 238 valence electrons. The maximum Gasteiger partial charge on any atom is 0.258 e. The van der Waals surface area contributed by atoms with Gasteiger partial charge in [-0.15, -0.1) is 0 Å². The first-order chi connectivity index (χ1) is 20.7. The molecule has 2 bridgehead atoms. The highest BCUT2D eigenvalue weighted by Crippen LogP contribution is 2.34. The molecule has 0 unspecified atom stereocenters. The average Bonchev–Trinajstić information content (AvgIpc) is 3.57. The second-order valence-electron chi connectivity index (χ2n) is 13.3. The van der Waals surface area contributed by atoms with Crippen molar-refractivity contribution in [3.63, 3.8) is 0 Å². The van der Waals surface area contributed by atoms with Crippen molar-refractivity contribution in [3.8, 4) is 11.8 Å². The van der Waals surface area contributed by atoms with E-state index in [2.05, 4.69) is 27.3 Å². The highest BCUT2D eigenvalue weighted by Gasteiger charge is 2.49. The van der Waals surface area contributed by atoms with E-state index in [1.165, 1.54) is 4.90 Å². The van der Waals surface area contributed by atoms with Crippen molar-refractivity contribution in [1.29, 1.82) is 5.26 Å². The SMILES string of the molecule is Cc1cccc(C)c1OCC(=O)N[C@@H]1C(=O)N2CC[C@H](C(C)C)[C@H]2C(=O)N[C@H](C#N)C[C@@H]2C[C@H](NC2=O)C(=O)NCC1(C)C. The minimum Gasteiger partial charge on any atom is -0.483 e. The number of fused-ring (bicyclic) bond motifs is 3. The van der Waals surface area contributed by atoms with Gasteiger partial charge in [-0.1, -0.05) is 45.9 Å². The molecule has 4 N–H and O–H groups in total. The highest BCUT2D eigenvalue weighted by atomic mass is 16.5. The van der Waals surface area contributed by atoms with Gasteiger partial charge in [0.25, 0.3) is 5.91 Å². The van der Waals surface area contributed by atoms with Crippen molar-refractivity contribution in [2.45, 2.75) is 85.0 Å². The van der Waals surface area contributed by atoms with E-state index in [1.807, 2.05) is 45.9 Å². The number of benzene rings is 1. The van der Waals surface area contributed by atoms with E-state index in [4.69, 9.17) is 4.74 Å². The number of carbonyl (C=O) groups is 5. The van der Waals surface area contributed by atoms with Crippen molar-refractivity contribution in [2.24, 2.45) is 23.2 Å². The summed E-state index contributed by atoms with van der Waals surface area (Å²) in [6, 6.07) is 3.94. The van der Waals surface area contributed by atoms with Gasteiger partial charge in [0.05, 0.1) is 6.07 Å². The zero-order valence-corrected chi connectivity index (χ0v) is 26.4. The van der Waals surface area contributed by atoms with Gasteiger partial charge in [0.2, 0.25) is 23.6 Å². The van der Waals surface area contributed by atoms with Crippen molar-refractivity contribution in [2.75, 3.05) is 19.7 Å². The minimum atomic E-state index is -1.12. The Morgan fingerprint density at radius 1 is 1.09 bits per heavy atom. The average molecular weight is 609 g/mol. The number of hydrogen-bond acceptors (Lipinski definition) is 7. The first-order valence-corrected chi connectivity index (χ1v) is 15.3. The van der Waals surface area contributed by atoms with Crippen LogP contribution in [0.5, 0.6) is 5.75 Å². The Morgan fingerprint density at radius 3 is 2.41 bits per heavy atom. The molecule has 3 fully saturated rings. The zero-order valence-electron chi connectivity index (χ0n) is 26.4. The van der Waals surface area contributed by atoms with Gasteiger partial charge in [-0.2, -0.15) is 5.26 Å². The monoisotopic (exact) mass is 608 g/mol. The summed E-state index contributed by atoms with van der Waals surface area (Å²) in [7, 11) is 0. The van der Waals surface area contributed by atoms with Gasteiger partial charge in [0, 0.05) is 24.4 Å². The standard InChI is InChI=1S/C32H44N6O6/c1-17(2)22-10-11-38-25(22)30(42)35-21(14-33)12-20-13-23(36-28(20)40)29(41)34-16-32(5,6)27(31(38)43)37-24(39)15-44-26-18(3)8-7-9-19(26)4/h7-9,17,20-23,25,27H,10-13,15-16H2,1-6H3,(H,34,41)(H,35,42)(H,36,40)(H,37,39)/t20-,21+,22-,23+,25+,27-/m1/s1.